The van der Waals surface area contributed by atoms with Crippen molar-refractivity contribution in [2.24, 2.45) is 0 Å². The molecular weight excluding hydrogens is 214 g/mol. The fourth-order valence-electron chi connectivity index (χ4n) is 1.91. The molecule has 4 nitrogen and oxygen atoms in total. The zero-order valence-electron chi connectivity index (χ0n) is 10.1. The Bertz CT molecular complexity index is 599. The molecule has 2 aromatic rings. The van der Waals surface area contributed by atoms with E-state index in [9.17, 15) is 0 Å². The molecule has 0 bridgehead atoms. The lowest BCUT2D eigenvalue weighted by Gasteiger charge is -2.17. The summed E-state index contributed by atoms with van der Waals surface area (Å²) in [7, 11) is 5.44. The van der Waals surface area contributed by atoms with E-state index >= 15 is 0 Å². The first kappa shape index (κ1) is 11.2. The van der Waals surface area contributed by atoms with Gasteiger partial charge in [0.2, 0.25) is 0 Å². The Hall–Kier alpha value is -2.28. The van der Waals surface area contributed by atoms with Gasteiger partial charge in [0.05, 0.1) is 18.4 Å². The summed E-state index contributed by atoms with van der Waals surface area (Å²) in [5.74, 6) is 0.718. The normalized spacial score (nSPS) is 10.0. The van der Waals surface area contributed by atoms with E-state index in [1.807, 2.05) is 37.2 Å². The molecule has 0 saturated carbocycles. The van der Waals surface area contributed by atoms with Crippen LogP contribution in [0.4, 0.5) is 5.69 Å². The molecule has 86 valence electrons. The average molecular weight is 227 g/mol. The summed E-state index contributed by atoms with van der Waals surface area (Å²) in [6.07, 6.45) is 1.58. The van der Waals surface area contributed by atoms with Gasteiger partial charge in [-0.15, -0.1) is 0 Å². The van der Waals surface area contributed by atoms with Crippen LogP contribution in [-0.2, 0) is 0 Å². The summed E-state index contributed by atoms with van der Waals surface area (Å²) in [5, 5.41) is 10.0. The molecule has 1 heterocycles. The number of ether oxygens (including phenoxy) is 1. The lowest BCUT2D eigenvalue weighted by Crippen LogP contribution is -2.11. The molecule has 4 heteroatoms. The Morgan fingerprint density at radius 1 is 1.35 bits per heavy atom. The van der Waals surface area contributed by atoms with Gasteiger partial charge in [-0.2, -0.15) is 5.26 Å². The Labute approximate surface area is 100 Å². The van der Waals surface area contributed by atoms with E-state index in [4.69, 9.17) is 10.00 Å². The molecule has 0 amide bonds. The summed E-state index contributed by atoms with van der Waals surface area (Å²) in [6, 6.07) is 7.87. The highest BCUT2D eigenvalue weighted by molar-refractivity contribution is 5.97. The molecule has 1 aromatic carbocycles. The van der Waals surface area contributed by atoms with Crippen molar-refractivity contribution >= 4 is 16.6 Å². The Kier molecular flexibility index (Phi) is 2.84. The van der Waals surface area contributed by atoms with Gasteiger partial charge in [0, 0.05) is 25.7 Å². The van der Waals surface area contributed by atoms with Gasteiger partial charge in [0.15, 0.2) is 0 Å². The van der Waals surface area contributed by atoms with Crippen LogP contribution in [0, 0.1) is 11.3 Å². The first-order valence-electron chi connectivity index (χ1n) is 5.22. The number of hydrogen-bond donors (Lipinski definition) is 0. The van der Waals surface area contributed by atoms with Gasteiger partial charge in [0.25, 0.3) is 0 Å². The monoisotopic (exact) mass is 227 g/mol. The van der Waals surface area contributed by atoms with Crippen molar-refractivity contribution in [1.29, 1.82) is 5.26 Å². The highest BCUT2D eigenvalue weighted by Crippen LogP contribution is 2.32. The van der Waals surface area contributed by atoms with E-state index in [0.29, 0.717) is 5.56 Å². The molecule has 0 aliphatic heterocycles. The third kappa shape index (κ3) is 1.76. The van der Waals surface area contributed by atoms with Gasteiger partial charge in [0.1, 0.15) is 17.3 Å². The van der Waals surface area contributed by atoms with Crippen LogP contribution >= 0.6 is 0 Å². The molecule has 0 saturated heterocycles. The van der Waals surface area contributed by atoms with Gasteiger partial charge < -0.3 is 9.64 Å². The minimum Gasteiger partial charge on any atom is -0.494 e. The number of methoxy groups -OCH3 is 1. The number of nitrogens with zero attached hydrogens (tertiary/aromatic N) is 3. The number of fused-ring (bicyclic) bond motifs is 1. The molecule has 0 aliphatic rings. The second kappa shape index (κ2) is 4.30. The molecule has 0 atom stereocenters. The zero-order chi connectivity index (χ0) is 12.4. The molecule has 0 unspecified atom stereocenters. The summed E-state index contributed by atoms with van der Waals surface area (Å²) in [4.78, 5) is 6.21. The lowest BCUT2D eigenvalue weighted by molar-refractivity contribution is 0.419. The number of para-hydroxylation sites is 1. The lowest BCUT2D eigenvalue weighted by atomic mass is 10.1. The SMILES string of the molecule is COc1cccc2c(N(C)C)c(C#N)cnc12. The fraction of sp³-hybridized carbons (Fsp3) is 0.231. The summed E-state index contributed by atoms with van der Waals surface area (Å²) in [6.45, 7) is 0. The number of benzene rings is 1. The van der Waals surface area contributed by atoms with Crippen LogP contribution in [0.5, 0.6) is 5.75 Å². The number of hydrogen-bond acceptors (Lipinski definition) is 4. The van der Waals surface area contributed by atoms with Crippen LogP contribution in [-0.4, -0.2) is 26.2 Å². The van der Waals surface area contributed by atoms with Gasteiger partial charge >= 0.3 is 0 Å². The molecule has 0 spiro atoms. The molecule has 0 radical (unpaired) electrons. The highest BCUT2D eigenvalue weighted by Gasteiger charge is 2.12. The predicted molar refractivity (Wildman–Crippen MR) is 67.3 cm³/mol. The van der Waals surface area contributed by atoms with Crippen LogP contribution in [0.1, 0.15) is 5.56 Å². The molecule has 2 rings (SSSR count). The number of nitriles is 1. The topological polar surface area (TPSA) is 49.1 Å². The molecule has 17 heavy (non-hydrogen) atoms. The number of pyridine rings is 1. The maximum atomic E-state index is 9.11. The minimum atomic E-state index is 0.566. The van der Waals surface area contributed by atoms with E-state index in [1.54, 1.807) is 13.3 Å². The van der Waals surface area contributed by atoms with Crippen molar-refractivity contribution in [3.05, 3.63) is 30.0 Å². The van der Waals surface area contributed by atoms with Crippen LogP contribution in [0.15, 0.2) is 24.4 Å². The van der Waals surface area contributed by atoms with Gasteiger partial charge in [-0.3, -0.25) is 4.98 Å². The number of rotatable bonds is 2. The van der Waals surface area contributed by atoms with Crippen molar-refractivity contribution in [3.63, 3.8) is 0 Å². The Morgan fingerprint density at radius 3 is 2.71 bits per heavy atom. The van der Waals surface area contributed by atoms with E-state index in [-0.39, 0.29) is 0 Å². The number of aromatic nitrogens is 1. The van der Waals surface area contributed by atoms with E-state index < -0.39 is 0 Å². The second-order valence-corrected chi connectivity index (χ2v) is 3.88. The van der Waals surface area contributed by atoms with Crippen LogP contribution in [0.3, 0.4) is 0 Å². The molecule has 1 aromatic heterocycles. The van der Waals surface area contributed by atoms with Crippen molar-refractivity contribution in [3.8, 4) is 11.8 Å². The molecular formula is C13H13N3O. The van der Waals surface area contributed by atoms with Crippen molar-refractivity contribution < 1.29 is 4.74 Å². The zero-order valence-corrected chi connectivity index (χ0v) is 10.1. The predicted octanol–water partition coefficient (Wildman–Crippen LogP) is 2.18. The van der Waals surface area contributed by atoms with E-state index in [2.05, 4.69) is 11.1 Å². The maximum Gasteiger partial charge on any atom is 0.145 e. The minimum absolute atomic E-state index is 0.566. The third-order valence-electron chi connectivity index (χ3n) is 2.62. The van der Waals surface area contributed by atoms with Crippen molar-refractivity contribution in [2.45, 2.75) is 0 Å². The number of anilines is 1. The second-order valence-electron chi connectivity index (χ2n) is 3.88. The van der Waals surface area contributed by atoms with Gasteiger partial charge in [-0.05, 0) is 6.07 Å². The summed E-state index contributed by atoms with van der Waals surface area (Å²) >= 11 is 0. The van der Waals surface area contributed by atoms with E-state index in [1.165, 1.54) is 0 Å². The Balaban J connectivity index is 2.87. The first-order valence-corrected chi connectivity index (χ1v) is 5.22. The van der Waals surface area contributed by atoms with Crippen LogP contribution in [0.25, 0.3) is 10.9 Å². The Morgan fingerprint density at radius 2 is 2.12 bits per heavy atom. The van der Waals surface area contributed by atoms with Gasteiger partial charge in [-0.1, -0.05) is 12.1 Å². The largest absolute Gasteiger partial charge is 0.494 e. The van der Waals surface area contributed by atoms with Crippen LogP contribution in [0.2, 0.25) is 0 Å². The van der Waals surface area contributed by atoms with E-state index in [0.717, 1.165) is 22.3 Å². The first-order chi connectivity index (χ1) is 8.19. The van der Waals surface area contributed by atoms with Gasteiger partial charge in [-0.25, -0.2) is 0 Å². The standard InChI is InChI=1S/C13H13N3O/c1-16(2)13-9(7-14)8-15-12-10(13)5-4-6-11(12)17-3/h4-6,8H,1-3H3. The maximum absolute atomic E-state index is 9.11. The molecule has 0 aliphatic carbocycles. The molecule has 0 N–H and O–H groups in total. The van der Waals surface area contributed by atoms with Crippen LogP contribution < -0.4 is 9.64 Å². The van der Waals surface area contributed by atoms with Crippen molar-refractivity contribution in [1.82, 2.24) is 4.98 Å². The van der Waals surface area contributed by atoms with Crippen molar-refractivity contribution in [2.75, 3.05) is 26.1 Å². The highest BCUT2D eigenvalue weighted by atomic mass is 16.5. The molecule has 0 fully saturated rings. The fourth-order valence-corrected chi connectivity index (χ4v) is 1.91. The smallest absolute Gasteiger partial charge is 0.145 e. The summed E-state index contributed by atoms with van der Waals surface area (Å²) in [5.41, 5.74) is 2.21. The quantitative estimate of drug-likeness (QED) is 0.789. The third-order valence-corrected chi connectivity index (χ3v) is 2.62. The summed E-state index contributed by atoms with van der Waals surface area (Å²) < 4.78 is 5.27. The average Bonchev–Trinajstić information content (AvgIpc) is 2.36.